The van der Waals surface area contributed by atoms with Crippen LogP contribution in [0.3, 0.4) is 0 Å². The lowest BCUT2D eigenvalue weighted by Gasteiger charge is -2.23. The van der Waals surface area contributed by atoms with Crippen LogP contribution < -0.4 is 5.32 Å². The molecule has 0 aromatic heterocycles. The van der Waals surface area contributed by atoms with Gasteiger partial charge in [0.15, 0.2) is 0 Å². The van der Waals surface area contributed by atoms with E-state index in [-0.39, 0.29) is 0 Å². The highest BCUT2D eigenvalue weighted by Crippen LogP contribution is 2.18. The average molecular weight is 289 g/mol. The Morgan fingerprint density at radius 3 is 2.29 bits per heavy atom. The van der Waals surface area contributed by atoms with Crippen molar-refractivity contribution < 1.29 is 0 Å². The van der Waals surface area contributed by atoms with Gasteiger partial charge in [0.1, 0.15) is 0 Å². The van der Waals surface area contributed by atoms with Gasteiger partial charge in [0.25, 0.3) is 0 Å². The van der Waals surface area contributed by atoms with E-state index in [1.807, 2.05) is 0 Å². The first-order valence-corrected chi connectivity index (χ1v) is 8.52. The van der Waals surface area contributed by atoms with Crippen molar-refractivity contribution in [1.29, 1.82) is 0 Å². The number of hydrogen-bond acceptors (Lipinski definition) is 3. The maximum atomic E-state index is 3.42. The van der Waals surface area contributed by atoms with E-state index in [0.29, 0.717) is 0 Å². The normalized spacial score (nSPS) is 14.1. The van der Waals surface area contributed by atoms with E-state index in [1.165, 1.54) is 49.3 Å². The van der Waals surface area contributed by atoms with E-state index >= 15 is 0 Å². The smallest absolute Gasteiger partial charge is 0.0233 e. The van der Waals surface area contributed by atoms with Crippen LogP contribution in [-0.2, 0) is 19.6 Å². The van der Waals surface area contributed by atoms with Crippen LogP contribution in [0.2, 0.25) is 0 Å². The molecule has 1 heterocycles. The summed E-state index contributed by atoms with van der Waals surface area (Å²) in [6.45, 7) is 15.8. The van der Waals surface area contributed by atoms with Crippen LogP contribution in [-0.4, -0.2) is 42.5 Å². The number of benzene rings is 1. The van der Waals surface area contributed by atoms with E-state index < -0.39 is 0 Å². The maximum Gasteiger partial charge on any atom is 0.0233 e. The minimum Gasteiger partial charge on any atom is -0.309 e. The van der Waals surface area contributed by atoms with Gasteiger partial charge in [0.05, 0.1) is 0 Å². The molecule has 0 unspecified atom stereocenters. The monoisotopic (exact) mass is 289 g/mol. The predicted octanol–water partition coefficient (Wildman–Crippen LogP) is 2.84. The van der Waals surface area contributed by atoms with Gasteiger partial charge in [-0.2, -0.15) is 0 Å². The second-order valence-electron chi connectivity index (χ2n) is 5.96. The van der Waals surface area contributed by atoms with Gasteiger partial charge in [-0.25, -0.2) is 0 Å². The molecule has 1 aliphatic rings. The maximum absolute atomic E-state index is 3.42. The minimum atomic E-state index is 1.04. The van der Waals surface area contributed by atoms with E-state index in [2.05, 4.69) is 54.1 Å². The Bertz CT molecular complexity index is 426. The highest BCUT2D eigenvalue weighted by Gasteiger charge is 2.11. The average Bonchev–Trinajstić information content (AvgIpc) is 2.98. The molecule has 0 saturated heterocycles. The fourth-order valence-corrected chi connectivity index (χ4v) is 3.11. The summed E-state index contributed by atoms with van der Waals surface area (Å²) in [5.74, 6) is 0. The molecule has 1 aromatic carbocycles. The van der Waals surface area contributed by atoms with Crippen molar-refractivity contribution in [3.63, 3.8) is 0 Å². The van der Waals surface area contributed by atoms with Crippen molar-refractivity contribution in [3.8, 4) is 0 Å². The summed E-state index contributed by atoms with van der Waals surface area (Å²) in [6.07, 6.45) is 1.27. The van der Waals surface area contributed by atoms with Crippen molar-refractivity contribution in [1.82, 2.24) is 15.1 Å². The van der Waals surface area contributed by atoms with E-state index in [9.17, 15) is 0 Å². The molecule has 0 radical (unpaired) electrons. The zero-order valence-corrected chi connectivity index (χ0v) is 14.0. The lowest BCUT2D eigenvalue weighted by Crippen LogP contribution is -2.29. The van der Waals surface area contributed by atoms with E-state index in [0.717, 1.165) is 26.2 Å². The zero-order valence-electron chi connectivity index (χ0n) is 14.0. The quantitative estimate of drug-likeness (QED) is 0.754. The molecule has 3 heteroatoms. The molecule has 1 aromatic rings. The first-order chi connectivity index (χ1) is 10.3. The summed E-state index contributed by atoms with van der Waals surface area (Å²) >= 11 is 0. The third-order valence-electron chi connectivity index (χ3n) is 4.60. The van der Waals surface area contributed by atoms with Crippen molar-refractivity contribution in [2.45, 2.75) is 46.8 Å². The molecule has 0 spiro atoms. The van der Waals surface area contributed by atoms with Gasteiger partial charge in [0, 0.05) is 19.6 Å². The van der Waals surface area contributed by atoms with Crippen molar-refractivity contribution in [2.75, 3.05) is 32.7 Å². The van der Waals surface area contributed by atoms with Crippen LogP contribution in [0.15, 0.2) is 18.2 Å². The molecule has 1 aliphatic heterocycles. The van der Waals surface area contributed by atoms with Crippen LogP contribution >= 0.6 is 0 Å². The molecule has 0 bridgehead atoms. The van der Waals surface area contributed by atoms with Crippen LogP contribution in [0.4, 0.5) is 0 Å². The Kier molecular flexibility index (Phi) is 6.68. The van der Waals surface area contributed by atoms with Crippen LogP contribution in [0.1, 0.15) is 43.9 Å². The number of fused-ring (bicyclic) bond motifs is 1. The Morgan fingerprint density at radius 2 is 1.57 bits per heavy atom. The molecule has 1 N–H and O–H groups in total. The number of nitrogens with zero attached hydrogens (tertiary/aromatic N) is 2. The highest BCUT2D eigenvalue weighted by molar-refractivity contribution is 5.34. The summed E-state index contributed by atoms with van der Waals surface area (Å²) in [7, 11) is 0. The zero-order chi connectivity index (χ0) is 15.1. The number of rotatable bonds is 9. The highest BCUT2D eigenvalue weighted by atomic mass is 15.1. The summed E-state index contributed by atoms with van der Waals surface area (Å²) in [5, 5.41) is 3.42. The summed E-state index contributed by atoms with van der Waals surface area (Å²) in [5.41, 5.74) is 4.43. The number of nitrogens with one attached hydrogen (secondary N) is 1. The van der Waals surface area contributed by atoms with Gasteiger partial charge < -0.3 is 10.2 Å². The molecule has 0 fully saturated rings. The molecule has 21 heavy (non-hydrogen) atoms. The largest absolute Gasteiger partial charge is 0.309 e. The van der Waals surface area contributed by atoms with E-state index in [1.54, 1.807) is 0 Å². The van der Waals surface area contributed by atoms with Crippen molar-refractivity contribution in [3.05, 3.63) is 34.9 Å². The fraction of sp³-hybridized carbons (Fsp3) is 0.667. The topological polar surface area (TPSA) is 18.5 Å². The molecular weight excluding hydrogens is 258 g/mol. The van der Waals surface area contributed by atoms with Gasteiger partial charge in [-0.1, -0.05) is 39.0 Å². The third kappa shape index (κ3) is 4.80. The second kappa shape index (κ2) is 8.52. The van der Waals surface area contributed by atoms with Crippen LogP contribution in [0.25, 0.3) is 0 Å². The molecule has 0 saturated carbocycles. The summed E-state index contributed by atoms with van der Waals surface area (Å²) < 4.78 is 0. The number of hydrogen-bond donors (Lipinski definition) is 1. The summed E-state index contributed by atoms with van der Waals surface area (Å²) in [6, 6.07) is 7.00. The second-order valence-corrected chi connectivity index (χ2v) is 5.96. The Hall–Kier alpha value is -0.900. The van der Waals surface area contributed by atoms with Crippen molar-refractivity contribution >= 4 is 0 Å². The lowest BCUT2D eigenvalue weighted by molar-refractivity contribution is 0.238. The molecule has 2 rings (SSSR count). The SMILES string of the molecule is CCN(CC)CCCN(CC)Cc1ccc2c(c1)CNC2. The molecule has 0 atom stereocenters. The summed E-state index contributed by atoms with van der Waals surface area (Å²) in [4.78, 5) is 5.07. The van der Waals surface area contributed by atoms with Gasteiger partial charge in [-0.15, -0.1) is 0 Å². The molecule has 0 amide bonds. The van der Waals surface area contributed by atoms with E-state index in [4.69, 9.17) is 0 Å². The molecule has 118 valence electrons. The van der Waals surface area contributed by atoms with Gasteiger partial charge in [0.2, 0.25) is 0 Å². The minimum absolute atomic E-state index is 1.04. The lowest BCUT2D eigenvalue weighted by atomic mass is 10.1. The van der Waals surface area contributed by atoms with Crippen LogP contribution in [0.5, 0.6) is 0 Å². The molecule has 3 nitrogen and oxygen atoms in total. The molecule has 0 aliphatic carbocycles. The van der Waals surface area contributed by atoms with Gasteiger partial charge in [-0.3, -0.25) is 4.90 Å². The Balaban J connectivity index is 1.81. The van der Waals surface area contributed by atoms with Crippen molar-refractivity contribution in [2.24, 2.45) is 0 Å². The predicted molar refractivity (Wildman–Crippen MR) is 90.3 cm³/mol. The first kappa shape index (κ1) is 16.5. The van der Waals surface area contributed by atoms with Gasteiger partial charge in [-0.05, 0) is 55.8 Å². The Labute approximate surface area is 130 Å². The van der Waals surface area contributed by atoms with Crippen LogP contribution in [0, 0.1) is 0 Å². The van der Waals surface area contributed by atoms with Gasteiger partial charge >= 0.3 is 0 Å². The Morgan fingerprint density at radius 1 is 0.905 bits per heavy atom. The first-order valence-electron chi connectivity index (χ1n) is 8.52. The fourth-order valence-electron chi connectivity index (χ4n) is 3.11. The third-order valence-corrected chi connectivity index (χ3v) is 4.60. The standard InChI is InChI=1S/C18H31N3/c1-4-20(5-2)10-7-11-21(6-3)15-16-8-9-17-13-19-14-18(17)12-16/h8-9,12,19H,4-7,10-11,13-15H2,1-3H3. The molecular formula is C18H31N3.